The number of methoxy groups -OCH3 is 3. The van der Waals surface area contributed by atoms with E-state index >= 15 is 0 Å². The summed E-state index contributed by atoms with van der Waals surface area (Å²) in [5.74, 6) is 1.46. The van der Waals surface area contributed by atoms with Crippen molar-refractivity contribution >= 4 is 24.0 Å². The summed E-state index contributed by atoms with van der Waals surface area (Å²) in [6, 6.07) is 7.04. The van der Waals surface area contributed by atoms with Crippen LogP contribution in [-0.4, -0.2) is 32.2 Å². The van der Waals surface area contributed by atoms with Gasteiger partial charge in [-0.2, -0.15) is 0 Å². The summed E-state index contributed by atoms with van der Waals surface area (Å²) in [6.45, 7) is 0.338. The zero-order valence-electron chi connectivity index (χ0n) is 14.4. The molecule has 3 N–H and O–H groups in total. The average molecular weight is 368 g/mol. The molecule has 0 bridgehead atoms. The molecule has 0 aliphatic heterocycles. The highest BCUT2D eigenvalue weighted by atomic mass is 35.5. The van der Waals surface area contributed by atoms with Crippen LogP contribution in [0.15, 0.2) is 30.5 Å². The summed E-state index contributed by atoms with van der Waals surface area (Å²) >= 11 is 0. The Morgan fingerprint density at radius 1 is 1.12 bits per heavy atom. The topological polar surface area (TPSA) is 95.7 Å². The van der Waals surface area contributed by atoms with E-state index in [4.69, 9.17) is 19.9 Å². The Morgan fingerprint density at radius 3 is 2.24 bits per heavy atom. The van der Waals surface area contributed by atoms with Crippen LogP contribution in [0.2, 0.25) is 0 Å². The second-order valence-corrected chi connectivity index (χ2v) is 5.07. The van der Waals surface area contributed by atoms with Gasteiger partial charge in [0.05, 0.1) is 39.6 Å². The van der Waals surface area contributed by atoms with Crippen molar-refractivity contribution in [3.05, 3.63) is 41.7 Å². The van der Waals surface area contributed by atoms with Gasteiger partial charge in [-0.15, -0.1) is 12.4 Å². The summed E-state index contributed by atoms with van der Waals surface area (Å²) in [7, 11) is 4.64. The molecule has 0 radical (unpaired) electrons. The second-order valence-electron chi connectivity index (χ2n) is 5.07. The van der Waals surface area contributed by atoms with Crippen molar-refractivity contribution < 1.29 is 19.0 Å². The quantitative estimate of drug-likeness (QED) is 0.776. The number of nitrogens with one attached hydrogen (secondary N) is 1. The van der Waals surface area contributed by atoms with Gasteiger partial charge in [0.1, 0.15) is 0 Å². The van der Waals surface area contributed by atoms with Gasteiger partial charge in [0.15, 0.2) is 11.5 Å². The van der Waals surface area contributed by atoms with E-state index in [1.54, 1.807) is 45.6 Å². The molecule has 1 heterocycles. The van der Waals surface area contributed by atoms with Crippen molar-refractivity contribution in [3.8, 4) is 17.2 Å². The molecule has 1 aromatic heterocycles. The van der Waals surface area contributed by atoms with E-state index in [0.29, 0.717) is 35.2 Å². The summed E-state index contributed by atoms with van der Waals surface area (Å²) in [6.07, 6.45) is 1.71. The van der Waals surface area contributed by atoms with Gasteiger partial charge in [0, 0.05) is 12.2 Å². The number of carbonyl (C=O) groups is 1. The number of amides is 1. The van der Waals surface area contributed by atoms with Crippen LogP contribution >= 0.6 is 12.4 Å². The number of benzene rings is 1. The summed E-state index contributed by atoms with van der Waals surface area (Å²) < 4.78 is 15.9. The van der Waals surface area contributed by atoms with E-state index in [2.05, 4.69) is 10.3 Å². The molecule has 0 aliphatic rings. The molecule has 0 aliphatic carbocycles. The molecule has 25 heavy (non-hydrogen) atoms. The highest BCUT2D eigenvalue weighted by Crippen LogP contribution is 2.38. The fourth-order valence-corrected chi connectivity index (χ4v) is 2.21. The first kappa shape index (κ1) is 20.4. The Balaban J connectivity index is 0.00000312. The number of anilines is 1. The Bertz CT molecular complexity index is 683. The Hall–Kier alpha value is -2.67. The SMILES string of the molecule is COc1cc(CNC(=O)Cc2ccc(N)cn2)cc(OC)c1OC.Cl. The van der Waals surface area contributed by atoms with Gasteiger partial charge >= 0.3 is 0 Å². The van der Waals surface area contributed by atoms with E-state index in [1.807, 2.05) is 0 Å². The number of nitrogens with zero attached hydrogens (tertiary/aromatic N) is 1. The van der Waals surface area contributed by atoms with Crippen LogP contribution < -0.4 is 25.3 Å². The first-order valence-corrected chi connectivity index (χ1v) is 7.33. The van der Waals surface area contributed by atoms with E-state index in [1.165, 1.54) is 6.20 Å². The fraction of sp³-hybridized carbons (Fsp3) is 0.294. The van der Waals surface area contributed by atoms with Crippen molar-refractivity contribution in [1.29, 1.82) is 0 Å². The first-order valence-electron chi connectivity index (χ1n) is 7.33. The molecule has 0 saturated carbocycles. The van der Waals surface area contributed by atoms with Gasteiger partial charge in [0.2, 0.25) is 11.7 Å². The third-order valence-electron chi connectivity index (χ3n) is 3.40. The van der Waals surface area contributed by atoms with E-state index < -0.39 is 0 Å². The third kappa shape index (κ3) is 5.42. The number of hydrogen-bond donors (Lipinski definition) is 2. The number of rotatable bonds is 7. The maximum Gasteiger partial charge on any atom is 0.226 e. The van der Waals surface area contributed by atoms with Gasteiger partial charge in [-0.05, 0) is 29.8 Å². The number of pyridine rings is 1. The zero-order valence-corrected chi connectivity index (χ0v) is 15.2. The highest BCUT2D eigenvalue weighted by Gasteiger charge is 2.13. The minimum atomic E-state index is -0.138. The van der Waals surface area contributed by atoms with Gasteiger partial charge in [0.25, 0.3) is 0 Å². The predicted octanol–water partition coefficient (Wildman–Crippen LogP) is 1.97. The second kappa shape index (κ2) is 9.58. The van der Waals surface area contributed by atoms with Gasteiger partial charge in [-0.25, -0.2) is 0 Å². The number of carbonyl (C=O) groups excluding carboxylic acids is 1. The molecule has 0 saturated heterocycles. The third-order valence-corrected chi connectivity index (χ3v) is 3.40. The highest BCUT2D eigenvalue weighted by molar-refractivity contribution is 5.85. The first-order chi connectivity index (χ1) is 11.6. The van der Waals surface area contributed by atoms with Crippen LogP contribution in [0.25, 0.3) is 0 Å². The molecule has 1 aromatic carbocycles. The van der Waals surface area contributed by atoms with Crippen LogP contribution in [0, 0.1) is 0 Å². The molecular formula is C17H22ClN3O4. The molecule has 2 aromatic rings. The lowest BCUT2D eigenvalue weighted by Gasteiger charge is -2.14. The van der Waals surface area contributed by atoms with Crippen LogP contribution in [-0.2, 0) is 17.8 Å². The number of nitrogen functional groups attached to an aromatic ring is 1. The van der Waals surface area contributed by atoms with Gasteiger partial charge in [-0.3, -0.25) is 9.78 Å². The maximum absolute atomic E-state index is 12.0. The molecule has 7 nitrogen and oxygen atoms in total. The molecule has 0 spiro atoms. The predicted molar refractivity (Wildman–Crippen MR) is 97.5 cm³/mol. The van der Waals surface area contributed by atoms with Crippen molar-refractivity contribution in [2.75, 3.05) is 27.1 Å². The summed E-state index contributed by atoms with van der Waals surface area (Å²) in [5, 5.41) is 2.84. The lowest BCUT2D eigenvalue weighted by Crippen LogP contribution is -2.25. The molecule has 0 unspecified atom stereocenters. The molecule has 8 heteroatoms. The number of ether oxygens (including phenoxy) is 3. The molecule has 2 rings (SSSR count). The van der Waals surface area contributed by atoms with E-state index in [-0.39, 0.29) is 24.7 Å². The van der Waals surface area contributed by atoms with E-state index in [9.17, 15) is 4.79 Å². The molecule has 1 amide bonds. The van der Waals surface area contributed by atoms with Crippen molar-refractivity contribution in [1.82, 2.24) is 10.3 Å². The van der Waals surface area contributed by atoms with Crippen LogP contribution in [0.5, 0.6) is 17.2 Å². The molecule has 0 fully saturated rings. The number of hydrogen-bond acceptors (Lipinski definition) is 6. The average Bonchev–Trinajstić information content (AvgIpc) is 2.60. The standard InChI is InChI=1S/C17H21N3O4.ClH/c1-22-14-6-11(7-15(23-2)17(14)24-3)9-20-16(21)8-13-5-4-12(18)10-19-13;/h4-7,10H,8-9,18H2,1-3H3,(H,20,21);1H. The monoisotopic (exact) mass is 367 g/mol. The summed E-state index contributed by atoms with van der Waals surface area (Å²) in [4.78, 5) is 16.1. The smallest absolute Gasteiger partial charge is 0.226 e. The lowest BCUT2D eigenvalue weighted by atomic mass is 10.1. The maximum atomic E-state index is 12.0. The van der Waals surface area contributed by atoms with E-state index in [0.717, 1.165) is 5.56 Å². The van der Waals surface area contributed by atoms with Gasteiger partial charge < -0.3 is 25.3 Å². The molecule has 0 atom stereocenters. The fourth-order valence-electron chi connectivity index (χ4n) is 2.21. The Morgan fingerprint density at radius 2 is 1.76 bits per heavy atom. The summed E-state index contributed by atoms with van der Waals surface area (Å²) in [5.41, 5.74) is 7.63. The minimum Gasteiger partial charge on any atom is -0.493 e. The Labute approximate surface area is 152 Å². The number of nitrogens with two attached hydrogens (primary N) is 1. The molecular weight excluding hydrogens is 346 g/mol. The molecule has 136 valence electrons. The van der Waals surface area contributed by atoms with Gasteiger partial charge in [-0.1, -0.05) is 0 Å². The van der Waals surface area contributed by atoms with Crippen LogP contribution in [0.3, 0.4) is 0 Å². The normalized spacial score (nSPS) is 9.72. The number of halogens is 1. The minimum absolute atomic E-state index is 0. The van der Waals surface area contributed by atoms with Crippen molar-refractivity contribution in [2.24, 2.45) is 0 Å². The lowest BCUT2D eigenvalue weighted by molar-refractivity contribution is -0.120. The number of aromatic nitrogens is 1. The van der Waals surface area contributed by atoms with Crippen molar-refractivity contribution in [2.45, 2.75) is 13.0 Å². The van der Waals surface area contributed by atoms with Crippen LogP contribution in [0.4, 0.5) is 5.69 Å². The van der Waals surface area contributed by atoms with Crippen LogP contribution in [0.1, 0.15) is 11.3 Å². The zero-order chi connectivity index (χ0) is 17.5. The van der Waals surface area contributed by atoms with Crippen molar-refractivity contribution in [3.63, 3.8) is 0 Å². The largest absolute Gasteiger partial charge is 0.493 e. The Kier molecular flexibility index (Phi) is 7.81.